The number of para-hydroxylation sites is 1. The maximum atomic E-state index is 4.69. The van der Waals surface area contributed by atoms with Crippen LogP contribution in [0.4, 0.5) is 5.69 Å². The molecular weight excluding hydrogens is 316 g/mol. The van der Waals surface area contributed by atoms with E-state index in [-0.39, 0.29) is 0 Å². The van der Waals surface area contributed by atoms with E-state index >= 15 is 0 Å². The highest BCUT2D eigenvalue weighted by Crippen LogP contribution is 2.33. The molecule has 0 bridgehead atoms. The molecule has 0 aliphatic carbocycles. The Labute approximate surface area is 159 Å². The third-order valence-electron chi connectivity index (χ3n) is 4.47. The van der Waals surface area contributed by atoms with Crippen LogP contribution in [0.1, 0.15) is 70.1 Å². The predicted molar refractivity (Wildman–Crippen MR) is 115 cm³/mol. The molecule has 0 aliphatic rings. The Hall–Kier alpha value is -2.35. The van der Waals surface area contributed by atoms with Gasteiger partial charge in [0.2, 0.25) is 0 Å². The smallest absolute Gasteiger partial charge is 0.0642 e. The summed E-state index contributed by atoms with van der Waals surface area (Å²) in [5.41, 5.74) is 7.37. The van der Waals surface area contributed by atoms with Gasteiger partial charge in [-0.05, 0) is 48.4 Å². The van der Waals surface area contributed by atoms with Crippen LogP contribution >= 0.6 is 0 Å². The largest absolute Gasteiger partial charge is 0.359 e. The third kappa shape index (κ3) is 5.59. The zero-order chi connectivity index (χ0) is 19.1. The fourth-order valence-electron chi connectivity index (χ4n) is 3.09. The van der Waals surface area contributed by atoms with Gasteiger partial charge in [0.1, 0.15) is 0 Å². The molecular formula is C24H32N2. The molecule has 0 spiro atoms. The summed E-state index contributed by atoms with van der Waals surface area (Å²) in [6.07, 6.45) is 2.13. The first kappa shape index (κ1) is 20.0. The molecule has 2 heteroatoms. The van der Waals surface area contributed by atoms with Gasteiger partial charge in [0.05, 0.1) is 6.54 Å². The van der Waals surface area contributed by atoms with Gasteiger partial charge in [0.15, 0.2) is 0 Å². The van der Waals surface area contributed by atoms with E-state index in [9.17, 15) is 0 Å². The minimum absolute atomic E-state index is 0.483. The van der Waals surface area contributed by atoms with Crippen molar-refractivity contribution in [2.45, 2.75) is 59.9 Å². The van der Waals surface area contributed by atoms with Crippen molar-refractivity contribution in [1.82, 2.24) is 0 Å². The van der Waals surface area contributed by atoms with E-state index in [1.165, 1.54) is 22.4 Å². The molecule has 138 valence electrons. The van der Waals surface area contributed by atoms with Crippen molar-refractivity contribution in [3.8, 4) is 0 Å². The lowest BCUT2D eigenvalue weighted by Gasteiger charge is -2.21. The van der Waals surface area contributed by atoms with Crippen molar-refractivity contribution >= 4 is 11.4 Å². The lowest BCUT2D eigenvalue weighted by molar-refractivity contribution is 0.837. The summed E-state index contributed by atoms with van der Waals surface area (Å²) in [6, 6.07) is 17.0. The molecule has 0 heterocycles. The molecule has 26 heavy (non-hydrogen) atoms. The molecule has 0 aliphatic heterocycles. The van der Waals surface area contributed by atoms with Gasteiger partial charge in [-0.15, -0.1) is 0 Å². The van der Waals surface area contributed by atoms with E-state index in [1.54, 1.807) is 0 Å². The van der Waals surface area contributed by atoms with Gasteiger partial charge in [-0.3, -0.25) is 4.99 Å². The van der Waals surface area contributed by atoms with E-state index in [4.69, 9.17) is 4.99 Å². The van der Waals surface area contributed by atoms with Crippen LogP contribution in [0.5, 0.6) is 0 Å². The van der Waals surface area contributed by atoms with Crippen LogP contribution in [0.25, 0.3) is 0 Å². The first-order chi connectivity index (χ1) is 12.4. The van der Waals surface area contributed by atoms with Crippen molar-refractivity contribution in [2.24, 2.45) is 4.99 Å². The van der Waals surface area contributed by atoms with Gasteiger partial charge in [-0.1, -0.05) is 76.2 Å². The average molecular weight is 349 g/mol. The SMILES string of the molecule is CC(/C=C(/C)Nc1c(C(C)C)cccc1C(C)C)=NCc1ccccc1. The van der Waals surface area contributed by atoms with E-state index in [1.807, 2.05) is 6.07 Å². The zero-order valence-corrected chi connectivity index (χ0v) is 17.0. The second-order valence-corrected chi connectivity index (χ2v) is 7.52. The molecule has 0 radical (unpaired) electrons. The molecule has 0 aromatic heterocycles. The number of benzene rings is 2. The first-order valence-electron chi connectivity index (χ1n) is 9.51. The topological polar surface area (TPSA) is 24.4 Å². The molecule has 2 aromatic carbocycles. The standard InChI is InChI=1S/C24H32N2/c1-17(2)22-13-10-14-23(18(3)4)24(22)26-20(6)15-19(5)25-16-21-11-8-7-9-12-21/h7-15,17-18,26H,16H2,1-6H3/b20-15-,25-19?. The highest BCUT2D eigenvalue weighted by Gasteiger charge is 2.13. The lowest BCUT2D eigenvalue weighted by Crippen LogP contribution is -2.07. The second-order valence-electron chi connectivity index (χ2n) is 7.52. The zero-order valence-electron chi connectivity index (χ0n) is 17.0. The lowest BCUT2D eigenvalue weighted by atomic mass is 9.92. The Morgan fingerprint density at radius 3 is 2.00 bits per heavy atom. The molecule has 2 rings (SSSR count). The normalized spacial score (nSPS) is 12.8. The van der Waals surface area contributed by atoms with Gasteiger partial charge >= 0.3 is 0 Å². The Morgan fingerprint density at radius 1 is 0.885 bits per heavy atom. The van der Waals surface area contributed by atoms with E-state index in [0.717, 1.165) is 18.0 Å². The Balaban J connectivity index is 2.20. The Kier molecular flexibility index (Phi) is 7.20. The predicted octanol–water partition coefficient (Wildman–Crippen LogP) is 6.91. The maximum Gasteiger partial charge on any atom is 0.0642 e. The number of aliphatic imine (C=N–C) groups is 1. The molecule has 1 N–H and O–H groups in total. The highest BCUT2D eigenvalue weighted by molar-refractivity contribution is 5.93. The van der Waals surface area contributed by atoms with Crippen LogP contribution in [0.2, 0.25) is 0 Å². The van der Waals surface area contributed by atoms with Crippen LogP contribution in [-0.2, 0) is 6.54 Å². The minimum Gasteiger partial charge on any atom is -0.359 e. The molecule has 0 unspecified atom stereocenters. The third-order valence-corrected chi connectivity index (χ3v) is 4.47. The van der Waals surface area contributed by atoms with E-state index in [0.29, 0.717) is 11.8 Å². The molecule has 0 fully saturated rings. The van der Waals surface area contributed by atoms with Crippen molar-refractivity contribution in [3.63, 3.8) is 0 Å². The van der Waals surface area contributed by atoms with Gasteiger partial charge in [0, 0.05) is 17.1 Å². The molecule has 0 atom stereocenters. The molecule has 0 saturated heterocycles. The van der Waals surface area contributed by atoms with Crippen molar-refractivity contribution in [3.05, 3.63) is 77.0 Å². The van der Waals surface area contributed by atoms with Gasteiger partial charge in [-0.25, -0.2) is 0 Å². The number of hydrogen-bond donors (Lipinski definition) is 1. The van der Waals surface area contributed by atoms with Crippen molar-refractivity contribution < 1.29 is 0 Å². The van der Waals surface area contributed by atoms with Gasteiger partial charge < -0.3 is 5.32 Å². The Bertz CT molecular complexity index is 742. The summed E-state index contributed by atoms with van der Waals surface area (Å²) in [7, 11) is 0. The fraction of sp³-hybridized carbons (Fsp3) is 0.375. The summed E-state index contributed by atoms with van der Waals surface area (Å²) in [5.74, 6) is 0.966. The van der Waals surface area contributed by atoms with Crippen LogP contribution < -0.4 is 5.32 Å². The van der Waals surface area contributed by atoms with Crippen molar-refractivity contribution in [2.75, 3.05) is 5.32 Å². The molecule has 2 nitrogen and oxygen atoms in total. The molecule has 0 saturated carbocycles. The fourth-order valence-corrected chi connectivity index (χ4v) is 3.09. The molecule has 0 amide bonds. The summed E-state index contributed by atoms with van der Waals surface area (Å²) in [4.78, 5) is 4.69. The summed E-state index contributed by atoms with van der Waals surface area (Å²) in [5, 5.41) is 3.65. The van der Waals surface area contributed by atoms with E-state index < -0.39 is 0 Å². The van der Waals surface area contributed by atoms with Crippen LogP contribution in [-0.4, -0.2) is 5.71 Å². The van der Waals surface area contributed by atoms with Crippen LogP contribution in [0.15, 0.2) is 65.3 Å². The van der Waals surface area contributed by atoms with Crippen LogP contribution in [0.3, 0.4) is 0 Å². The minimum atomic E-state index is 0.483. The number of allylic oxidation sites excluding steroid dienone is 2. The average Bonchev–Trinajstić information content (AvgIpc) is 2.60. The number of hydrogen-bond acceptors (Lipinski definition) is 2. The quantitative estimate of drug-likeness (QED) is 0.540. The number of anilines is 1. The summed E-state index contributed by atoms with van der Waals surface area (Å²) in [6.45, 7) is 13.9. The number of nitrogens with zero attached hydrogens (tertiary/aromatic N) is 1. The summed E-state index contributed by atoms with van der Waals surface area (Å²) >= 11 is 0. The van der Waals surface area contributed by atoms with Gasteiger partial charge in [0.25, 0.3) is 0 Å². The van der Waals surface area contributed by atoms with Crippen LogP contribution in [0, 0.1) is 0 Å². The second kappa shape index (κ2) is 9.38. The number of nitrogens with one attached hydrogen (secondary N) is 1. The van der Waals surface area contributed by atoms with E-state index in [2.05, 4.69) is 95.4 Å². The maximum absolute atomic E-state index is 4.69. The monoisotopic (exact) mass is 348 g/mol. The molecule has 2 aromatic rings. The number of rotatable bonds is 7. The van der Waals surface area contributed by atoms with Crippen molar-refractivity contribution in [1.29, 1.82) is 0 Å². The highest BCUT2D eigenvalue weighted by atomic mass is 14.9. The van der Waals surface area contributed by atoms with Gasteiger partial charge in [-0.2, -0.15) is 0 Å². The first-order valence-corrected chi connectivity index (χ1v) is 9.51. The summed E-state index contributed by atoms with van der Waals surface area (Å²) < 4.78 is 0. The Morgan fingerprint density at radius 2 is 1.46 bits per heavy atom.